The van der Waals surface area contributed by atoms with E-state index in [-0.39, 0.29) is 5.69 Å². The smallest absolute Gasteiger partial charge is 0.333 e. The molecule has 94 valence electrons. The maximum atomic E-state index is 11.0. The Morgan fingerprint density at radius 2 is 2.29 bits per heavy atom. The quantitative estimate of drug-likeness (QED) is 0.604. The third-order valence-corrected chi connectivity index (χ3v) is 3.04. The number of aromatic nitrogens is 2. The van der Waals surface area contributed by atoms with Crippen LogP contribution in [0.2, 0.25) is 0 Å². The van der Waals surface area contributed by atoms with Crippen LogP contribution in [0, 0.1) is 17.0 Å². The lowest BCUT2D eigenvalue weighted by Crippen LogP contribution is -2.39. The van der Waals surface area contributed by atoms with Crippen molar-refractivity contribution in [3.63, 3.8) is 0 Å². The number of aryl methyl sites for hydroxylation is 2. The highest BCUT2D eigenvalue weighted by Crippen LogP contribution is 2.32. The van der Waals surface area contributed by atoms with Crippen molar-refractivity contribution in [2.45, 2.75) is 25.9 Å². The normalized spacial score (nSPS) is 20.6. The number of nitro groups is 1. The van der Waals surface area contributed by atoms with E-state index < -0.39 is 11.0 Å². The number of aliphatic hydroxyl groups is 1. The monoisotopic (exact) mass is 240 g/mol. The highest BCUT2D eigenvalue weighted by atomic mass is 16.6. The van der Waals surface area contributed by atoms with Crippen molar-refractivity contribution >= 4 is 11.5 Å². The van der Waals surface area contributed by atoms with E-state index >= 15 is 0 Å². The molecular weight excluding hydrogens is 224 g/mol. The Labute approximate surface area is 98.8 Å². The van der Waals surface area contributed by atoms with E-state index in [0.29, 0.717) is 18.1 Å². The first kappa shape index (κ1) is 11.8. The van der Waals surface area contributed by atoms with Crippen LogP contribution in [0.1, 0.15) is 18.5 Å². The average molecular weight is 240 g/mol. The zero-order valence-corrected chi connectivity index (χ0v) is 9.96. The van der Waals surface area contributed by atoms with Gasteiger partial charge in [0.05, 0.1) is 11.0 Å². The largest absolute Gasteiger partial charge is 0.391 e. The molecule has 1 saturated heterocycles. The lowest BCUT2D eigenvalue weighted by Gasteiger charge is -2.30. The predicted octanol–water partition coefficient (Wildman–Crippen LogP) is 0.598. The lowest BCUT2D eigenvalue weighted by molar-refractivity contribution is -0.384. The van der Waals surface area contributed by atoms with Crippen molar-refractivity contribution in [3.05, 3.63) is 15.8 Å². The molecule has 0 amide bonds. The molecule has 0 aromatic carbocycles. The zero-order valence-electron chi connectivity index (χ0n) is 9.96. The molecule has 1 aromatic rings. The third kappa shape index (κ3) is 2.10. The molecule has 1 atom stereocenters. The first-order valence-electron chi connectivity index (χ1n) is 5.61. The Bertz CT molecular complexity index is 443. The molecule has 1 aromatic heterocycles. The number of hydrogen-bond acceptors (Lipinski definition) is 5. The maximum absolute atomic E-state index is 11.0. The summed E-state index contributed by atoms with van der Waals surface area (Å²) in [5.74, 6) is 0.492. The number of nitrogens with zero attached hydrogens (tertiary/aromatic N) is 4. The highest BCUT2D eigenvalue weighted by molar-refractivity contribution is 5.61. The second-order valence-corrected chi connectivity index (χ2v) is 4.38. The molecule has 2 heterocycles. The summed E-state index contributed by atoms with van der Waals surface area (Å²) in [6.07, 6.45) is 1.17. The minimum absolute atomic E-state index is 0.0431. The summed E-state index contributed by atoms with van der Waals surface area (Å²) in [4.78, 5) is 12.5. The summed E-state index contributed by atoms with van der Waals surface area (Å²) < 4.78 is 1.52. The minimum Gasteiger partial charge on any atom is -0.391 e. The Balaban J connectivity index is 2.40. The molecule has 0 aliphatic carbocycles. The maximum Gasteiger partial charge on any atom is 0.333 e. The van der Waals surface area contributed by atoms with Crippen molar-refractivity contribution in [1.82, 2.24) is 9.78 Å². The number of piperidine rings is 1. The van der Waals surface area contributed by atoms with Crippen LogP contribution in [0.4, 0.5) is 11.5 Å². The first-order valence-corrected chi connectivity index (χ1v) is 5.61. The van der Waals surface area contributed by atoms with E-state index in [9.17, 15) is 15.2 Å². The fraction of sp³-hybridized carbons (Fsp3) is 0.700. The number of anilines is 1. The van der Waals surface area contributed by atoms with E-state index in [4.69, 9.17) is 0 Å². The van der Waals surface area contributed by atoms with E-state index in [1.54, 1.807) is 14.0 Å². The number of aliphatic hydroxyl groups excluding tert-OH is 1. The van der Waals surface area contributed by atoms with Crippen molar-refractivity contribution in [2.24, 2.45) is 7.05 Å². The standard InChI is InChI=1S/C10H16N4O3/c1-7-9(14(16)17)10(12(2)11-7)13-5-3-4-8(15)6-13/h8,15H,3-6H2,1-2H3/t8-/m0/s1. The van der Waals surface area contributed by atoms with Crippen LogP contribution < -0.4 is 4.90 Å². The highest BCUT2D eigenvalue weighted by Gasteiger charge is 2.30. The summed E-state index contributed by atoms with van der Waals surface area (Å²) in [6.45, 7) is 2.78. The molecule has 0 bridgehead atoms. The molecule has 0 spiro atoms. The van der Waals surface area contributed by atoms with E-state index in [1.807, 2.05) is 4.90 Å². The Kier molecular flexibility index (Phi) is 3.01. The van der Waals surface area contributed by atoms with Gasteiger partial charge in [-0.25, -0.2) is 4.68 Å². The first-order chi connectivity index (χ1) is 8.00. The minimum atomic E-state index is -0.418. The zero-order chi connectivity index (χ0) is 12.6. The molecule has 0 radical (unpaired) electrons. The summed E-state index contributed by atoms with van der Waals surface area (Å²) >= 11 is 0. The van der Waals surface area contributed by atoms with Crippen LogP contribution in [0.15, 0.2) is 0 Å². The molecule has 0 unspecified atom stereocenters. The van der Waals surface area contributed by atoms with E-state index in [0.717, 1.165) is 19.4 Å². The molecule has 1 N–H and O–H groups in total. The topological polar surface area (TPSA) is 84.4 Å². The van der Waals surface area contributed by atoms with Crippen LogP contribution in [-0.4, -0.2) is 39.0 Å². The van der Waals surface area contributed by atoms with Gasteiger partial charge in [0.15, 0.2) is 0 Å². The summed E-state index contributed by atoms with van der Waals surface area (Å²) in [7, 11) is 1.69. The van der Waals surface area contributed by atoms with Crippen molar-refractivity contribution in [2.75, 3.05) is 18.0 Å². The Morgan fingerprint density at radius 1 is 1.59 bits per heavy atom. The van der Waals surface area contributed by atoms with Gasteiger partial charge in [-0.3, -0.25) is 10.1 Å². The van der Waals surface area contributed by atoms with Crippen LogP contribution in [0.5, 0.6) is 0 Å². The number of rotatable bonds is 2. The van der Waals surface area contributed by atoms with Crippen molar-refractivity contribution < 1.29 is 10.0 Å². The summed E-state index contributed by atoms with van der Waals surface area (Å²) in [6, 6.07) is 0. The second-order valence-electron chi connectivity index (χ2n) is 4.38. The number of hydrogen-bond donors (Lipinski definition) is 1. The van der Waals surface area contributed by atoms with Crippen LogP contribution in [-0.2, 0) is 7.05 Å². The molecule has 2 rings (SSSR count). The van der Waals surface area contributed by atoms with Gasteiger partial charge in [-0.1, -0.05) is 0 Å². The van der Waals surface area contributed by atoms with Gasteiger partial charge in [-0.15, -0.1) is 0 Å². The van der Waals surface area contributed by atoms with Gasteiger partial charge in [-0.05, 0) is 19.8 Å². The molecule has 7 nitrogen and oxygen atoms in total. The molecule has 1 aliphatic heterocycles. The third-order valence-electron chi connectivity index (χ3n) is 3.04. The Morgan fingerprint density at radius 3 is 2.88 bits per heavy atom. The van der Waals surface area contributed by atoms with E-state index in [1.165, 1.54) is 4.68 Å². The SMILES string of the molecule is Cc1nn(C)c(N2CCC[C@H](O)C2)c1[N+](=O)[O-]. The molecule has 0 saturated carbocycles. The van der Waals surface area contributed by atoms with Gasteiger partial charge >= 0.3 is 5.69 Å². The second kappa shape index (κ2) is 4.33. The van der Waals surface area contributed by atoms with Gasteiger partial charge in [0.2, 0.25) is 5.82 Å². The van der Waals surface area contributed by atoms with Gasteiger partial charge < -0.3 is 10.0 Å². The van der Waals surface area contributed by atoms with Crippen LogP contribution in [0.3, 0.4) is 0 Å². The fourth-order valence-corrected chi connectivity index (χ4v) is 2.35. The fourth-order valence-electron chi connectivity index (χ4n) is 2.35. The molecule has 7 heteroatoms. The molecule has 17 heavy (non-hydrogen) atoms. The lowest BCUT2D eigenvalue weighted by atomic mass is 10.1. The molecular formula is C10H16N4O3. The summed E-state index contributed by atoms with van der Waals surface area (Å²) in [5, 5.41) is 24.8. The van der Waals surface area contributed by atoms with Crippen molar-refractivity contribution in [3.8, 4) is 0 Å². The van der Waals surface area contributed by atoms with E-state index in [2.05, 4.69) is 5.10 Å². The summed E-state index contributed by atoms with van der Waals surface area (Å²) in [5.41, 5.74) is 0.453. The average Bonchev–Trinajstić information content (AvgIpc) is 2.53. The van der Waals surface area contributed by atoms with Crippen molar-refractivity contribution in [1.29, 1.82) is 0 Å². The van der Waals surface area contributed by atoms with Gasteiger partial charge in [0, 0.05) is 20.1 Å². The molecule has 1 aliphatic rings. The number of β-amino-alcohol motifs (C(OH)–C–C–N with tert-alkyl or cyclic N) is 1. The van der Waals surface area contributed by atoms with Crippen LogP contribution in [0.25, 0.3) is 0 Å². The predicted molar refractivity (Wildman–Crippen MR) is 62.1 cm³/mol. The Hall–Kier alpha value is -1.63. The van der Waals surface area contributed by atoms with Gasteiger partial charge in [0.25, 0.3) is 0 Å². The van der Waals surface area contributed by atoms with Gasteiger partial charge in [0.1, 0.15) is 5.69 Å². The van der Waals surface area contributed by atoms with Gasteiger partial charge in [-0.2, -0.15) is 5.10 Å². The van der Waals surface area contributed by atoms with Crippen LogP contribution >= 0.6 is 0 Å². The molecule has 1 fully saturated rings.